The summed E-state index contributed by atoms with van der Waals surface area (Å²) in [6.45, 7) is 0. The highest BCUT2D eigenvalue weighted by atomic mass is 32.2. The van der Waals surface area contributed by atoms with Crippen LogP contribution in [0.5, 0.6) is 0 Å². The van der Waals surface area contributed by atoms with Gasteiger partial charge < -0.3 is 5.32 Å². The summed E-state index contributed by atoms with van der Waals surface area (Å²) in [4.78, 5) is 4.64. The number of hydrogen-bond acceptors (Lipinski definition) is 4. The quantitative estimate of drug-likeness (QED) is 0.922. The maximum atomic E-state index is 9.35. The van der Waals surface area contributed by atoms with Gasteiger partial charge in [-0.15, -0.1) is 0 Å². The van der Waals surface area contributed by atoms with Gasteiger partial charge in [0.1, 0.15) is 11.9 Å². The molecule has 0 radical (unpaired) electrons. The molecule has 1 saturated carbocycles. The van der Waals surface area contributed by atoms with Crippen molar-refractivity contribution in [1.82, 2.24) is 4.98 Å². The molecular formula is C17H19N3S. The zero-order chi connectivity index (χ0) is 14.7. The van der Waals surface area contributed by atoms with E-state index in [-0.39, 0.29) is 0 Å². The number of aromatic nitrogens is 1. The van der Waals surface area contributed by atoms with Crippen LogP contribution in [0.15, 0.2) is 30.3 Å². The second-order valence-corrected chi connectivity index (χ2v) is 6.68. The van der Waals surface area contributed by atoms with Crippen LogP contribution in [-0.2, 0) is 0 Å². The summed E-state index contributed by atoms with van der Waals surface area (Å²) in [5.41, 5.74) is 1.58. The van der Waals surface area contributed by atoms with Gasteiger partial charge in [0, 0.05) is 16.7 Å². The molecule has 1 heterocycles. The largest absolute Gasteiger partial charge is 0.366 e. The van der Waals surface area contributed by atoms with Crippen molar-refractivity contribution >= 4 is 28.5 Å². The Bertz CT molecular complexity index is 669. The molecule has 1 aromatic heterocycles. The van der Waals surface area contributed by atoms with Gasteiger partial charge >= 0.3 is 0 Å². The highest BCUT2D eigenvalue weighted by Crippen LogP contribution is 2.29. The number of para-hydroxylation sites is 1. The van der Waals surface area contributed by atoms with Crippen molar-refractivity contribution in [3.63, 3.8) is 0 Å². The van der Waals surface area contributed by atoms with E-state index in [1.54, 1.807) is 0 Å². The molecule has 1 N–H and O–H groups in total. The van der Waals surface area contributed by atoms with Crippen molar-refractivity contribution in [1.29, 1.82) is 5.26 Å². The van der Waals surface area contributed by atoms with Crippen LogP contribution in [0.2, 0.25) is 0 Å². The molecule has 0 saturated heterocycles. The van der Waals surface area contributed by atoms with E-state index in [1.807, 2.05) is 42.1 Å². The third-order valence-electron chi connectivity index (χ3n) is 4.19. The Kier molecular flexibility index (Phi) is 4.31. The molecule has 0 bridgehead atoms. The SMILES string of the molecule is CSC1CCC(Nc2nc3ccccc3cc2C#N)CC1. The van der Waals surface area contributed by atoms with Gasteiger partial charge in [-0.25, -0.2) is 4.98 Å². The number of nitrogens with one attached hydrogen (secondary N) is 1. The second-order valence-electron chi connectivity index (χ2n) is 5.54. The lowest BCUT2D eigenvalue weighted by molar-refractivity contribution is 0.472. The maximum Gasteiger partial charge on any atom is 0.144 e. The van der Waals surface area contributed by atoms with Gasteiger partial charge in [-0.1, -0.05) is 18.2 Å². The van der Waals surface area contributed by atoms with E-state index in [9.17, 15) is 5.26 Å². The highest BCUT2D eigenvalue weighted by Gasteiger charge is 2.21. The average molecular weight is 297 g/mol. The lowest BCUT2D eigenvalue weighted by atomic mass is 9.95. The smallest absolute Gasteiger partial charge is 0.144 e. The first-order chi connectivity index (χ1) is 10.3. The maximum absolute atomic E-state index is 9.35. The standard InChI is InChI=1S/C17H19N3S/c1-21-15-8-6-14(7-9-15)19-17-13(11-18)10-12-4-2-3-5-16(12)20-17/h2-5,10,14-15H,6-9H2,1H3,(H,19,20). The van der Waals surface area contributed by atoms with E-state index < -0.39 is 0 Å². The molecule has 1 aliphatic carbocycles. The fourth-order valence-corrected chi connectivity index (χ4v) is 3.69. The normalized spacial score (nSPS) is 21.9. The minimum atomic E-state index is 0.439. The number of thioether (sulfide) groups is 1. The Balaban J connectivity index is 1.82. The van der Waals surface area contributed by atoms with Crippen LogP contribution in [-0.4, -0.2) is 22.5 Å². The summed E-state index contributed by atoms with van der Waals surface area (Å²) in [6.07, 6.45) is 7.00. The van der Waals surface area contributed by atoms with Gasteiger partial charge in [0.2, 0.25) is 0 Å². The van der Waals surface area contributed by atoms with Crippen LogP contribution in [0.25, 0.3) is 10.9 Å². The Morgan fingerprint density at radius 1 is 1.24 bits per heavy atom. The third-order valence-corrected chi connectivity index (χ3v) is 5.33. The second kappa shape index (κ2) is 6.36. The monoisotopic (exact) mass is 297 g/mol. The van der Waals surface area contributed by atoms with Gasteiger partial charge in [0.15, 0.2) is 0 Å². The minimum absolute atomic E-state index is 0.439. The molecule has 3 nitrogen and oxygen atoms in total. The number of nitrogens with zero attached hydrogens (tertiary/aromatic N) is 2. The molecule has 0 spiro atoms. The number of fused-ring (bicyclic) bond motifs is 1. The Morgan fingerprint density at radius 2 is 2.00 bits per heavy atom. The molecule has 108 valence electrons. The van der Waals surface area contributed by atoms with Crippen LogP contribution in [0.1, 0.15) is 31.2 Å². The molecule has 0 aliphatic heterocycles. The van der Waals surface area contributed by atoms with Crippen molar-refractivity contribution in [2.24, 2.45) is 0 Å². The predicted octanol–water partition coefficient (Wildman–Crippen LogP) is 4.19. The number of anilines is 1. The van der Waals surface area contributed by atoms with Crippen molar-refractivity contribution in [2.75, 3.05) is 11.6 Å². The molecular weight excluding hydrogens is 278 g/mol. The first kappa shape index (κ1) is 14.2. The zero-order valence-electron chi connectivity index (χ0n) is 12.2. The molecule has 4 heteroatoms. The molecule has 0 atom stereocenters. The Morgan fingerprint density at radius 3 is 2.71 bits per heavy atom. The first-order valence-electron chi connectivity index (χ1n) is 7.39. The van der Waals surface area contributed by atoms with Crippen LogP contribution >= 0.6 is 11.8 Å². The molecule has 21 heavy (non-hydrogen) atoms. The van der Waals surface area contributed by atoms with Crippen LogP contribution in [0, 0.1) is 11.3 Å². The number of pyridine rings is 1. The molecule has 0 unspecified atom stereocenters. The van der Waals surface area contributed by atoms with Crippen LogP contribution < -0.4 is 5.32 Å². The van der Waals surface area contributed by atoms with Crippen molar-refractivity contribution in [2.45, 2.75) is 37.0 Å². The fraction of sp³-hybridized carbons (Fsp3) is 0.412. The number of rotatable bonds is 3. The summed E-state index contributed by atoms with van der Waals surface area (Å²) in [5, 5.41) is 14.7. The summed E-state index contributed by atoms with van der Waals surface area (Å²) >= 11 is 1.97. The minimum Gasteiger partial charge on any atom is -0.366 e. The van der Waals surface area contributed by atoms with E-state index in [0.717, 1.165) is 34.8 Å². The molecule has 3 rings (SSSR count). The highest BCUT2D eigenvalue weighted by molar-refractivity contribution is 7.99. The number of hydrogen-bond donors (Lipinski definition) is 1. The van der Waals surface area contributed by atoms with Gasteiger partial charge in [-0.3, -0.25) is 0 Å². The average Bonchev–Trinajstić information content (AvgIpc) is 2.55. The zero-order valence-corrected chi connectivity index (χ0v) is 13.0. The number of nitriles is 1. The molecule has 1 aromatic carbocycles. The fourth-order valence-electron chi connectivity index (χ4n) is 2.95. The van der Waals surface area contributed by atoms with Gasteiger partial charge in [0.25, 0.3) is 0 Å². The van der Waals surface area contributed by atoms with Crippen LogP contribution in [0.4, 0.5) is 5.82 Å². The van der Waals surface area contributed by atoms with E-state index in [0.29, 0.717) is 11.6 Å². The molecule has 1 fully saturated rings. The molecule has 1 aliphatic rings. The molecule has 2 aromatic rings. The summed E-state index contributed by atoms with van der Waals surface area (Å²) in [6, 6.07) is 12.6. The van der Waals surface area contributed by atoms with Gasteiger partial charge in [0.05, 0.1) is 11.1 Å². The van der Waals surface area contributed by atoms with E-state index >= 15 is 0 Å². The molecule has 0 amide bonds. The van der Waals surface area contributed by atoms with Gasteiger partial charge in [-0.2, -0.15) is 17.0 Å². The van der Waals surface area contributed by atoms with Crippen LogP contribution in [0.3, 0.4) is 0 Å². The predicted molar refractivity (Wildman–Crippen MR) is 89.6 cm³/mol. The van der Waals surface area contributed by atoms with Crippen molar-refractivity contribution < 1.29 is 0 Å². The number of benzene rings is 1. The van der Waals surface area contributed by atoms with E-state index in [1.165, 1.54) is 12.8 Å². The summed E-state index contributed by atoms with van der Waals surface area (Å²) < 4.78 is 0. The lowest BCUT2D eigenvalue weighted by Gasteiger charge is -2.28. The van der Waals surface area contributed by atoms with Gasteiger partial charge in [-0.05, 0) is 44.1 Å². The van der Waals surface area contributed by atoms with E-state index in [2.05, 4.69) is 22.6 Å². The summed E-state index contributed by atoms with van der Waals surface area (Å²) in [5.74, 6) is 0.740. The Hall–Kier alpha value is -1.73. The lowest BCUT2D eigenvalue weighted by Crippen LogP contribution is -2.27. The third kappa shape index (κ3) is 3.14. The van der Waals surface area contributed by atoms with E-state index in [4.69, 9.17) is 0 Å². The summed E-state index contributed by atoms with van der Waals surface area (Å²) in [7, 11) is 0. The van der Waals surface area contributed by atoms with Crippen molar-refractivity contribution in [3.05, 3.63) is 35.9 Å². The topological polar surface area (TPSA) is 48.7 Å². The Labute approximate surface area is 129 Å². The van der Waals surface area contributed by atoms with Crippen molar-refractivity contribution in [3.8, 4) is 6.07 Å². The first-order valence-corrected chi connectivity index (χ1v) is 8.68.